The fourth-order valence-corrected chi connectivity index (χ4v) is 3.38. The molecule has 0 bridgehead atoms. The summed E-state index contributed by atoms with van der Waals surface area (Å²) in [5.74, 6) is -3.26. The Bertz CT molecular complexity index is 957. The molecule has 0 aliphatic rings. The summed E-state index contributed by atoms with van der Waals surface area (Å²) in [6, 6.07) is 4.73. The van der Waals surface area contributed by atoms with Gasteiger partial charge in [0, 0.05) is 6.42 Å². The molecule has 13 heteroatoms. The second kappa shape index (κ2) is 16.8. The average Bonchev–Trinajstić information content (AvgIpc) is 2.89. The maximum absolute atomic E-state index is 13.0. The van der Waals surface area contributed by atoms with Crippen LogP contribution in [0.3, 0.4) is 0 Å². The van der Waals surface area contributed by atoms with Gasteiger partial charge in [-0.2, -0.15) is 0 Å². The van der Waals surface area contributed by atoms with Gasteiger partial charge in [0.1, 0.15) is 24.4 Å². The van der Waals surface area contributed by atoms with E-state index in [1.807, 2.05) is 13.8 Å². The van der Waals surface area contributed by atoms with Crippen molar-refractivity contribution < 1.29 is 33.9 Å². The number of rotatable bonds is 16. The predicted octanol–water partition coefficient (Wildman–Crippen LogP) is -2.50. The van der Waals surface area contributed by atoms with Gasteiger partial charge in [-0.25, -0.2) is 0 Å². The van der Waals surface area contributed by atoms with Crippen LogP contribution in [0.5, 0.6) is 0 Å². The lowest BCUT2D eigenvalue weighted by atomic mass is 10.0. The minimum absolute atomic E-state index is 0.0557. The Kier molecular flexibility index (Phi) is 14.2. The van der Waals surface area contributed by atoms with Gasteiger partial charge in [0.2, 0.25) is 29.5 Å². The second-order valence-corrected chi connectivity index (χ2v) is 9.16. The Hall–Kier alpha value is -3.84. The van der Waals surface area contributed by atoms with Crippen LogP contribution in [0.15, 0.2) is 30.3 Å². The molecule has 0 aromatic heterocycles. The summed E-state index contributed by atoms with van der Waals surface area (Å²) in [5, 5.41) is 21.6. The highest BCUT2D eigenvalue weighted by molar-refractivity contribution is 5.94. The summed E-state index contributed by atoms with van der Waals surface area (Å²) in [7, 11) is 0. The average molecular weight is 535 g/mol. The van der Waals surface area contributed by atoms with Gasteiger partial charge in [-0.3, -0.25) is 24.0 Å². The van der Waals surface area contributed by atoms with Crippen LogP contribution in [0.25, 0.3) is 0 Å². The van der Waals surface area contributed by atoms with Gasteiger partial charge in [-0.1, -0.05) is 44.2 Å². The number of aldehydes is 1. The maximum Gasteiger partial charge on any atom is 0.245 e. The maximum atomic E-state index is 13.0. The van der Waals surface area contributed by atoms with Gasteiger partial charge >= 0.3 is 0 Å². The molecular weight excluding hydrogens is 496 g/mol. The highest BCUT2D eigenvalue weighted by Gasteiger charge is 2.28. The number of aliphatic hydroxyl groups excluding tert-OH is 1. The van der Waals surface area contributed by atoms with E-state index in [4.69, 9.17) is 5.73 Å². The summed E-state index contributed by atoms with van der Waals surface area (Å²) in [6.07, 6.45) is 0.903. The van der Waals surface area contributed by atoms with Crippen molar-refractivity contribution in [3.05, 3.63) is 35.9 Å². The fourth-order valence-electron chi connectivity index (χ4n) is 3.38. The molecule has 0 saturated carbocycles. The molecule has 1 rings (SSSR count). The minimum atomic E-state index is -1.33. The fraction of sp³-hybridized carbons (Fsp3) is 0.520. The molecule has 5 amide bonds. The Morgan fingerprint density at radius 1 is 0.842 bits per heavy atom. The quantitative estimate of drug-likeness (QED) is 0.112. The van der Waals surface area contributed by atoms with Crippen molar-refractivity contribution in [2.75, 3.05) is 19.7 Å². The molecule has 0 spiro atoms. The number of carbonyl (C=O) groups is 6. The van der Waals surface area contributed by atoms with Crippen LogP contribution in [0.4, 0.5) is 0 Å². The highest BCUT2D eigenvalue weighted by atomic mass is 16.3. The Morgan fingerprint density at radius 2 is 1.45 bits per heavy atom. The van der Waals surface area contributed by atoms with Crippen molar-refractivity contribution in [2.24, 2.45) is 11.7 Å². The molecule has 0 radical (unpaired) electrons. The first kappa shape index (κ1) is 32.2. The third-order valence-corrected chi connectivity index (χ3v) is 5.29. The van der Waals surface area contributed by atoms with Crippen LogP contribution in [0.2, 0.25) is 0 Å². The first-order valence-corrected chi connectivity index (χ1v) is 12.3. The Labute approximate surface area is 221 Å². The smallest absolute Gasteiger partial charge is 0.245 e. The monoisotopic (exact) mass is 534 g/mol. The Morgan fingerprint density at radius 3 is 2.00 bits per heavy atom. The molecule has 1 aromatic rings. The largest absolute Gasteiger partial charge is 0.394 e. The topological polar surface area (TPSA) is 209 Å². The number of nitrogens with two attached hydrogens (primary N) is 1. The number of benzene rings is 1. The second-order valence-electron chi connectivity index (χ2n) is 9.16. The van der Waals surface area contributed by atoms with E-state index < -0.39 is 66.9 Å². The molecule has 210 valence electrons. The summed E-state index contributed by atoms with van der Waals surface area (Å²) in [6.45, 7) is 3.60. The zero-order valence-electron chi connectivity index (χ0n) is 21.9. The van der Waals surface area contributed by atoms with E-state index in [9.17, 15) is 33.9 Å². The lowest BCUT2D eigenvalue weighted by Crippen LogP contribution is -2.57. The van der Waals surface area contributed by atoms with Crippen molar-refractivity contribution in [3.8, 4) is 0 Å². The number of hydrogen-bond donors (Lipinski definition) is 7. The van der Waals surface area contributed by atoms with E-state index in [0.717, 1.165) is 5.56 Å². The molecule has 4 atom stereocenters. The third-order valence-electron chi connectivity index (χ3n) is 5.29. The molecule has 0 saturated heterocycles. The highest BCUT2D eigenvalue weighted by Crippen LogP contribution is 2.08. The summed E-state index contributed by atoms with van der Waals surface area (Å²) >= 11 is 0. The molecular formula is C25H38N6O7. The van der Waals surface area contributed by atoms with Crippen LogP contribution < -0.4 is 32.3 Å². The summed E-state index contributed by atoms with van der Waals surface area (Å²) in [5.41, 5.74) is 6.10. The van der Waals surface area contributed by atoms with Crippen molar-refractivity contribution in [1.29, 1.82) is 0 Å². The van der Waals surface area contributed by atoms with Crippen molar-refractivity contribution in [1.82, 2.24) is 26.6 Å². The zero-order valence-corrected chi connectivity index (χ0v) is 21.9. The number of aliphatic hydroxyl groups is 1. The van der Waals surface area contributed by atoms with Crippen LogP contribution in [0, 0.1) is 5.92 Å². The van der Waals surface area contributed by atoms with E-state index >= 15 is 0 Å². The number of nitrogens with one attached hydrogen (secondary N) is 5. The number of amides is 5. The van der Waals surface area contributed by atoms with Crippen molar-refractivity contribution >= 4 is 35.8 Å². The zero-order chi connectivity index (χ0) is 28.7. The van der Waals surface area contributed by atoms with Gasteiger partial charge in [-0.05, 0) is 24.8 Å². The molecule has 38 heavy (non-hydrogen) atoms. The van der Waals surface area contributed by atoms with Gasteiger partial charge in [-0.15, -0.1) is 0 Å². The molecule has 1 aromatic carbocycles. The number of carbonyl (C=O) groups excluding carboxylic acids is 6. The van der Waals surface area contributed by atoms with E-state index in [1.54, 1.807) is 30.3 Å². The van der Waals surface area contributed by atoms with Gasteiger partial charge < -0.3 is 42.2 Å². The molecule has 8 N–H and O–H groups in total. The van der Waals surface area contributed by atoms with E-state index in [2.05, 4.69) is 26.6 Å². The first-order chi connectivity index (χ1) is 18.0. The van der Waals surface area contributed by atoms with E-state index in [1.165, 1.54) is 6.92 Å². The van der Waals surface area contributed by atoms with E-state index in [-0.39, 0.29) is 18.9 Å². The summed E-state index contributed by atoms with van der Waals surface area (Å²) < 4.78 is 0. The lowest BCUT2D eigenvalue weighted by molar-refractivity contribution is -0.133. The van der Waals surface area contributed by atoms with Crippen molar-refractivity contribution in [3.63, 3.8) is 0 Å². The van der Waals surface area contributed by atoms with Crippen LogP contribution in [0.1, 0.15) is 32.8 Å². The SMILES string of the molecule is CC(C)C[C@H](NC(=O)CN)C(=O)N[C@@H](Cc1ccccc1)C(=O)NCC(=O)N[C@@H](CO)C(=O)N[C@@H](C)C=O. The van der Waals surface area contributed by atoms with Crippen LogP contribution in [-0.4, -0.2) is 84.8 Å². The molecule has 0 heterocycles. The number of hydrogen-bond acceptors (Lipinski definition) is 8. The molecule has 0 aliphatic heterocycles. The van der Waals surface area contributed by atoms with Crippen LogP contribution >= 0.6 is 0 Å². The van der Waals surface area contributed by atoms with Crippen LogP contribution in [-0.2, 0) is 35.2 Å². The molecule has 0 fully saturated rings. The van der Waals surface area contributed by atoms with Gasteiger partial charge in [0.15, 0.2) is 0 Å². The first-order valence-electron chi connectivity index (χ1n) is 12.3. The predicted molar refractivity (Wildman–Crippen MR) is 138 cm³/mol. The summed E-state index contributed by atoms with van der Waals surface area (Å²) in [4.78, 5) is 73.0. The van der Waals surface area contributed by atoms with Gasteiger partial charge in [0.05, 0.1) is 25.7 Å². The van der Waals surface area contributed by atoms with Crippen molar-refractivity contribution in [2.45, 2.75) is 57.8 Å². The van der Waals surface area contributed by atoms with E-state index in [0.29, 0.717) is 12.7 Å². The van der Waals surface area contributed by atoms with Gasteiger partial charge in [0.25, 0.3) is 0 Å². The molecule has 0 aliphatic carbocycles. The minimum Gasteiger partial charge on any atom is -0.394 e. The molecule has 13 nitrogen and oxygen atoms in total. The lowest BCUT2D eigenvalue weighted by Gasteiger charge is -2.24. The standard InChI is InChI=1S/C25H38N6O7/c1-15(2)9-18(29-21(34)11-26)24(37)31-19(10-17-7-5-4-6-8-17)23(36)27-12-22(35)30-20(14-33)25(38)28-16(3)13-32/h4-8,13,15-16,18-20,33H,9-12,14,26H2,1-3H3,(H,27,36)(H,28,38)(H,29,34)(H,30,35)(H,31,37)/t16-,18-,19-,20-/m0/s1. The molecule has 0 unspecified atom stereocenters. The normalized spacial score (nSPS) is 13.8. The third kappa shape index (κ3) is 11.9. The Balaban J connectivity index is 2.92.